The number of fused-ring (bicyclic) bond motifs is 2. The molecule has 0 spiro atoms. The summed E-state index contributed by atoms with van der Waals surface area (Å²) in [5.41, 5.74) is 4.56. The van der Waals surface area contributed by atoms with Crippen LogP contribution in [-0.2, 0) is 19.5 Å². The number of rotatable bonds is 10. The Labute approximate surface area is 285 Å². The number of aromatic nitrogens is 5. The smallest absolute Gasteiger partial charge is 0.367 e. The molecule has 1 amide bonds. The van der Waals surface area contributed by atoms with Crippen LogP contribution in [0.25, 0.3) is 21.1 Å². The fourth-order valence-corrected chi connectivity index (χ4v) is 8.55. The predicted octanol–water partition coefficient (Wildman–Crippen LogP) is 6.72. The maximum absolute atomic E-state index is 13.0. The number of aromatic amines is 1. The zero-order valence-electron chi connectivity index (χ0n) is 27.4. The van der Waals surface area contributed by atoms with E-state index in [1.54, 1.807) is 6.07 Å². The van der Waals surface area contributed by atoms with Crippen molar-refractivity contribution in [3.63, 3.8) is 0 Å². The third kappa shape index (κ3) is 6.87. The van der Waals surface area contributed by atoms with Crippen molar-refractivity contribution in [2.24, 2.45) is 5.41 Å². The summed E-state index contributed by atoms with van der Waals surface area (Å²) in [5.74, 6) is 0.445. The molecule has 1 aliphatic carbocycles. The van der Waals surface area contributed by atoms with Crippen LogP contribution in [0.4, 0.5) is 19.0 Å². The highest BCUT2D eigenvalue weighted by Gasteiger charge is 2.44. The van der Waals surface area contributed by atoms with Gasteiger partial charge in [-0.25, -0.2) is 15.0 Å². The Morgan fingerprint density at radius 1 is 1.16 bits per heavy atom. The van der Waals surface area contributed by atoms with Crippen molar-refractivity contribution < 1.29 is 18.0 Å². The van der Waals surface area contributed by atoms with Gasteiger partial charge < -0.3 is 20.2 Å². The van der Waals surface area contributed by atoms with Gasteiger partial charge in [0.25, 0.3) is 5.91 Å². The molecule has 0 radical (unpaired) electrons. The monoisotopic (exact) mass is 689 g/mol. The molecule has 1 aromatic carbocycles. The van der Waals surface area contributed by atoms with Gasteiger partial charge in [0.2, 0.25) is 0 Å². The molecular formula is C35H38F3N9OS. The lowest BCUT2D eigenvalue weighted by atomic mass is 9.63. The van der Waals surface area contributed by atoms with Gasteiger partial charge in [-0.2, -0.15) is 18.4 Å². The van der Waals surface area contributed by atoms with Crippen LogP contribution < -0.4 is 10.6 Å². The van der Waals surface area contributed by atoms with Crippen LogP contribution in [-0.4, -0.2) is 66.7 Å². The van der Waals surface area contributed by atoms with Crippen molar-refractivity contribution in [1.82, 2.24) is 34.7 Å². The van der Waals surface area contributed by atoms with Gasteiger partial charge in [-0.15, -0.1) is 11.3 Å². The van der Waals surface area contributed by atoms with Crippen molar-refractivity contribution in [1.29, 1.82) is 5.26 Å². The summed E-state index contributed by atoms with van der Waals surface area (Å²) in [7, 11) is 0. The molecule has 5 heterocycles. The Morgan fingerprint density at radius 3 is 2.65 bits per heavy atom. The quantitative estimate of drug-likeness (QED) is 0.149. The predicted molar refractivity (Wildman–Crippen MR) is 182 cm³/mol. The Bertz CT molecular complexity index is 2010. The first-order valence-electron chi connectivity index (χ1n) is 16.6. The minimum Gasteiger partial charge on any atom is -0.367 e. The number of alkyl halides is 3. The zero-order valence-corrected chi connectivity index (χ0v) is 28.2. The highest BCUT2D eigenvalue weighted by Crippen LogP contribution is 2.46. The molecule has 4 aromatic heterocycles. The fraction of sp³-hybridized carbons (Fsp3) is 0.457. The number of thiophene rings is 1. The molecule has 1 saturated heterocycles. The van der Waals surface area contributed by atoms with Gasteiger partial charge >= 0.3 is 6.18 Å². The maximum Gasteiger partial charge on any atom is 0.393 e. The van der Waals surface area contributed by atoms with Crippen LogP contribution >= 0.6 is 11.3 Å². The van der Waals surface area contributed by atoms with Crippen LogP contribution in [0.15, 0.2) is 43.1 Å². The average Bonchev–Trinajstić information content (AvgIpc) is 3.81. The van der Waals surface area contributed by atoms with Crippen molar-refractivity contribution in [3.8, 4) is 6.07 Å². The lowest BCUT2D eigenvalue weighted by Crippen LogP contribution is -2.52. The SMILES string of the molecule is CCC1(Cn2c(C#N)cc3c(C)c(CN4CCC(Nc5ncnc6sc(CC(F)(F)F)cc56)CC4)ccc32)CC(NC(=O)c2cnc[nH]2)C1. The minimum absolute atomic E-state index is 0.000768. The number of nitriles is 1. The summed E-state index contributed by atoms with van der Waals surface area (Å²) in [4.78, 5) is 31.1. The first-order valence-corrected chi connectivity index (χ1v) is 17.4. The molecule has 1 saturated carbocycles. The number of halogens is 3. The highest BCUT2D eigenvalue weighted by atomic mass is 32.1. The highest BCUT2D eigenvalue weighted by molar-refractivity contribution is 7.18. The van der Waals surface area contributed by atoms with Crippen LogP contribution in [0.1, 0.15) is 71.2 Å². The number of imidazole rings is 1. The number of hydrogen-bond acceptors (Lipinski definition) is 8. The molecule has 49 heavy (non-hydrogen) atoms. The van der Waals surface area contributed by atoms with Crippen LogP contribution in [0, 0.1) is 23.7 Å². The number of aryl methyl sites for hydroxylation is 1. The molecule has 14 heteroatoms. The minimum atomic E-state index is -4.26. The molecule has 1 aliphatic heterocycles. The molecule has 2 aliphatic rings. The van der Waals surface area contributed by atoms with E-state index in [0.29, 0.717) is 27.4 Å². The fourth-order valence-electron chi connectivity index (χ4n) is 7.53. The summed E-state index contributed by atoms with van der Waals surface area (Å²) >= 11 is 1.06. The number of carbonyl (C=O) groups is 1. The molecule has 5 aromatic rings. The number of nitrogens with one attached hydrogen (secondary N) is 3. The van der Waals surface area contributed by atoms with Crippen LogP contribution in [0.5, 0.6) is 0 Å². The van der Waals surface area contributed by atoms with E-state index in [-0.39, 0.29) is 28.3 Å². The third-order valence-electron chi connectivity index (χ3n) is 10.3. The van der Waals surface area contributed by atoms with Gasteiger partial charge in [-0.1, -0.05) is 13.0 Å². The molecule has 256 valence electrons. The van der Waals surface area contributed by atoms with E-state index >= 15 is 0 Å². The molecule has 0 atom stereocenters. The largest absolute Gasteiger partial charge is 0.393 e. The Balaban J connectivity index is 0.986. The molecular weight excluding hydrogens is 652 g/mol. The first-order chi connectivity index (χ1) is 23.5. The number of nitrogens with zero attached hydrogens (tertiary/aromatic N) is 6. The molecule has 0 unspecified atom stereocenters. The lowest BCUT2D eigenvalue weighted by Gasteiger charge is -2.48. The molecule has 0 bridgehead atoms. The van der Waals surface area contributed by atoms with Gasteiger partial charge in [-0.3, -0.25) is 9.69 Å². The second kappa shape index (κ2) is 13.1. The molecule has 2 fully saturated rings. The van der Waals surface area contributed by atoms with E-state index in [1.165, 1.54) is 30.0 Å². The zero-order chi connectivity index (χ0) is 34.3. The van der Waals surface area contributed by atoms with Gasteiger partial charge in [0.15, 0.2) is 0 Å². The second-order valence-corrected chi connectivity index (χ2v) is 14.7. The lowest BCUT2D eigenvalue weighted by molar-refractivity contribution is -0.126. The number of H-pyrrole nitrogens is 1. The van der Waals surface area contributed by atoms with Crippen LogP contribution in [0.2, 0.25) is 0 Å². The summed E-state index contributed by atoms with van der Waals surface area (Å²) in [6.07, 6.45) is 3.61. The topological polar surface area (TPSA) is 128 Å². The van der Waals surface area contributed by atoms with E-state index in [9.17, 15) is 23.2 Å². The number of anilines is 1. The summed E-state index contributed by atoms with van der Waals surface area (Å²) in [5, 5.41) is 18.4. The van der Waals surface area contributed by atoms with Crippen molar-refractivity contribution in [2.45, 2.75) is 83.7 Å². The Morgan fingerprint density at radius 2 is 1.96 bits per heavy atom. The van der Waals surface area contributed by atoms with E-state index in [4.69, 9.17) is 0 Å². The Kier molecular flexibility index (Phi) is 8.83. The number of piperidine rings is 1. The van der Waals surface area contributed by atoms with Crippen molar-refractivity contribution in [2.75, 3.05) is 18.4 Å². The number of benzene rings is 1. The summed E-state index contributed by atoms with van der Waals surface area (Å²) in [6, 6.07) is 10.6. The summed E-state index contributed by atoms with van der Waals surface area (Å²) in [6.45, 7) is 7.56. The average molecular weight is 690 g/mol. The number of carbonyl (C=O) groups excluding carboxylic acids is 1. The van der Waals surface area contributed by atoms with Gasteiger partial charge in [0.1, 0.15) is 34.4 Å². The molecule has 7 rings (SSSR count). The number of likely N-dealkylation sites (tertiary alicyclic amines) is 1. The first kappa shape index (κ1) is 33.0. The van der Waals surface area contributed by atoms with Crippen molar-refractivity contribution in [3.05, 3.63) is 70.5 Å². The van der Waals surface area contributed by atoms with Crippen LogP contribution in [0.3, 0.4) is 0 Å². The number of amides is 1. The Hall–Kier alpha value is -4.48. The van der Waals surface area contributed by atoms with Gasteiger partial charge in [0.05, 0.1) is 24.3 Å². The third-order valence-corrected chi connectivity index (χ3v) is 11.4. The standard InChI is InChI=1S/C35H38F3N9OS/c1-3-34(12-24(13-34)45-32(48)29-16-40-19-41-29)18-47-25(15-39)10-27-21(2)22(4-5-30(27)47)17-46-8-6-23(7-9-46)44-31-28-11-26(14-35(36,37)38)49-33(28)43-20-42-31/h4-5,10-11,16,19-20,23-24H,3,6-9,12-14,17-18H2,1-2H3,(H,40,41)(H,45,48)(H,42,43,44). The van der Waals surface area contributed by atoms with E-state index < -0.39 is 12.6 Å². The van der Waals surface area contributed by atoms with Gasteiger partial charge in [0, 0.05) is 54.0 Å². The second-order valence-electron chi connectivity index (χ2n) is 13.5. The molecule has 10 nitrogen and oxygen atoms in total. The van der Waals surface area contributed by atoms with E-state index in [2.05, 4.69) is 72.1 Å². The van der Waals surface area contributed by atoms with Gasteiger partial charge in [-0.05, 0) is 73.8 Å². The normalized spacial score (nSPS) is 20.4. The van der Waals surface area contributed by atoms with E-state index in [1.807, 2.05) is 6.07 Å². The number of hydrogen-bond donors (Lipinski definition) is 3. The van der Waals surface area contributed by atoms with E-state index in [0.717, 1.165) is 80.5 Å². The summed E-state index contributed by atoms with van der Waals surface area (Å²) < 4.78 is 41.0. The van der Waals surface area contributed by atoms with Crippen molar-refractivity contribution >= 4 is 44.2 Å². The molecule has 3 N–H and O–H groups in total. The maximum atomic E-state index is 13.0.